The quantitative estimate of drug-likeness (QED) is 0.929. The van der Waals surface area contributed by atoms with Crippen LogP contribution in [-0.2, 0) is 4.74 Å². The SMILES string of the molecule is COC1CCCC(CN)(N2CCCOc3ccccc32)C1. The van der Waals surface area contributed by atoms with Crippen LogP contribution in [0.1, 0.15) is 32.1 Å². The van der Waals surface area contributed by atoms with Crippen LogP contribution in [0.25, 0.3) is 0 Å². The van der Waals surface area contributed by atoms with E-state index in [0.717, 1.165) is 44.6 Å². The number of rotatable bonds is 3. The molecule has 2 unspecified atom stereocenters. The number of anilines is 1. The molecule has 2 aliphatic rings. The summed E-state index contributed by atoms with van der Waals surface area (Å²) in [6, 6.07) is 8.35. The van der Waals surface area contributed by atoms with Gasteiger partial charge in [0.15, 0.2) is 0 Å². The summed E-state index contributed by atoms with van der Waals surface area (Å²) >= 11 is 0. The number of hydrogen-bond donors (Lipinski definition) is 1. The zero-order valence-electron chi connectivity index (χ0n) is 12.9. The number of ether oxygens (including phenoxy) is 2. The molecule has 3 rings (SSSR count). The largest absolute Gasteiger partial charge is 0.491 e. The van der Waals surface area contributed by atoms with E-state index in [1.165, 1.54) is 12.1 Å². The highest BCUT2D eigenvalue weighted by Gasteiger charge is 2.41. The summed E-state index contributed by atoms with van der Waals surface area (Å²) in [5, 5.41) is 0. The summed E-state index contributed by atoms with van der Waals surface area (Å²) in [5.41, 5.74) is 7.45. The van der Waals surface area contributed by atoms with Gasteiger partial charge in [0.05, 0.1) is 23.9 Å². The first-order valence-corrected chi connectivity index (χ1v) is 8.01. The van der Waals surface area contributed by atoms with Crippen molar-refractivity contribution in [3.63, 3.8) is 0 Å². The summed E-state index contributed by atoms with van der Waals surface area (Å²) < 4.78 is 11.5. The zero-order valence-corrected chi connectivity index (χ0v) is 12.9. The molecule has 4 heteroatoms. The molecule has 1 fully saturated rings. The van der Waals surface area contributed by atoms with Gasteiger partial charge in [-0.2, -0.15) is 0 Å². The molecule has 4 nitrogen and oxygen atoms in total. The van der Waals surface area contributed by atoms with E-state index < -0.39 is 0 Å². The summed E-state index contributed by atoms with van der Waals surface area (Å²) in [6.45, 7) is 2.45. The molecule has 0 spiro atoms. The van der Waals surface area contributed by atoms with Crippen molar-refractivity contribution in [2.75, 3.05) is 31.7 Å². The zero-order chi connectivity index (χ0) is 14.7. The average molecular weight is 290 g/mol. The molecule has 1 aromatic carbocycles. The van der Waals surface area contributed by atoms with Crippen molar-refractivity contribution in [2.45, 2.75) is 43.7 Å². The fourth-order valence-electron chi connectivity index (χ4n) is 3.85. The summed E-state index contributed by atoms with van der Waals surface area (Å²) in [7, 11) is 1.82. The smallest absolute Gasteiger partial charge is 0.142 e. The van der Waals surface area contributed by atoms with Crippen molar-refractivity contribution in [3.8, 4) is 5.75 Å². The number of fused-ring (bicyclic) bond motifs is 1. The van der Waals surface area contributed by atoms with Crippen molar-refractivity contribution in [1.29, 1.82) is 0 Å². The molecule has 0 radical (unpaired) electrons. The Morgan fingerprint density at radius 2 is 2.24 bits per heavy atom. The lowest BCUT2D eigenvalue weighted by atomic mass is 9.78. The van der Waals surface area contributed by atoms with Crippen LogP contribution in [0.4, 0.5) is 5.69 Å². The number of hydrogen-bond acceptors (Lipinski definition) is 4. The topological polar surface area (TPSA) is 47.7 Å². The molecule has 21 heavy (non-hydrogen) atoms. The number of nitrogens with zero attached hydrogens (tertiary/aromatic N) is 1. The monoisotopic (exact) mass is 290 g/mol. The van der Waals surface area contributed by atoms with Gasteiger partial charge in [-0.3, -0.25) is 0 Å². The van der Waals surface area contributed by atoms with E-state index in [9.17, 15) is 0 Å². The van der Waals surface area contributed by atoms with Gasteiger partial charge in [0.1, 0.15) is 5.75 Å². The fourth-order valence-corrected chi connectivity index (χ4v) is 3.85. The van der Waals surface area contributed by atoms with Crippen LogP contribution < -0.4 is 15.4 Å². The molecule has 1 heterocycles. The minimum absolute atomic E-state index is 0.00271. The molecular formula is C17H26N2O2. The van der Waals surface area contributed by atoms with Gasteiger partial charge in [-0.1, -0.05) is 12.1 Å². The third-order valence-corrected chi connectivity index (χ3v) is 5.00. The minimum atomic E-state index is 0.00271. The van der Waals surface area contributed by atoms with E-state index in [1.54, 1.807) is 0 Å². The van der Waals surface area contributed by atoms with Gasteiger partial charge >= 0.3 is 0 Å². The molecule has 1 aliphatic carbocycles. The lowest BCUT2D eigenvalue weighted by Crippen LogP contribution is -2.58. The number of methoxy groups -OCH3 is 1. The lowest BCUT2D eigenvalue weighted by Gasteiger charge is -2.49. The molecule has 1 saturated carbocycles. The second kappa shape index (κ2) is 6.24. The third kappa shape index (κ3) is 2.74. The van der Waals surface area contributed by atoms with Gasteiger partial charge in [0.25, 0.3) is 0 Å². The Morgan fingerprint density at radius 1 is 1.38 bits per heavy atom. The predicted molar refractivity (Wildman–Crippen MR) is 85.0 cm³/mol. The maximum Gasteiger partial charge on any atom is 0.142 e. The standard InChI is InChI=1S/C17H26N2O2/c1-20-14-6-4-9-17(12-14,13-18)19-10-5-11-21-16-8-3-2-7-15(16)19/h2-3,7-8,14H,4-6,9-13,18H2,1H3. The molecule has 2 N–H and O–H groups in total. The first-order chi connectivity index (χ1) is 10.3. The molecular weight excluding hydrogens is 264 g/mol. The molecule has 0 saturated heterocycles. The van der Waals surface area contributed by atoms with Gasteiger partial charge in [-0.25, -0.2) is 0 Å². The fraction of sp³-hybridized carbons (Fsp3) is 0.647. The normalized spacial score (nSPS) is 29.4. The predicted octanol–water partition coefficient (Wildman–Crippen LogP) is 2.56. The van der Waals surface area contributed by atoms with Crippen LogP contribution in [0.3, 0.4) is 0 Å². The van der Waals surface area contributed by atoms with Crippen LogP contribution >= 0.6 is 0 Å². The van der Waals surface area contributed by atoms with Gasteiger partial charge in [0, 0.05) is 20.2 Å². The summed E-state index contributed by atoms with van der Waals surface area (Å²) in [5.74, 6) is 0.988. The van der Waals surface area contributed by atoms with Gasteiger partial charge in [-0.15, -0.1) is 0 Å². The van der Waals surface area contributed by atoms with Gasteiger partial charge in [0.2, 0.25) is 0 Å². The molecule has 2 atom stereocenters. The van der Waals surface area contributed by atoms with Crippen molar-refractivity contribution in [1.82, 2.24) is 0 Å². The lowest BCUT2D eigenvalue weighted by molar-refractivity contribution is 0.0411. The Bertz CT molecular complexity index is 480. The Kier molecular flexibility index (Phi) is 4.36. The van der Waals surface area contributed by atoms with E-state index in [1.807, 2.05) is 13.2 Å². The van der Waals surface area contributed by atoms with Crippen LogP contribution in [0.15, 0.2) is 24.3 Å². The van der Waals surface area contributed by atoms with Crippen LogP contribution in [0.2, 0.25) is 0 Å². The Balaban J connectivity index is 1.96. The summed E-state index contributed by atoms with van der Waals surface area (Å²) in [4.78, 5) is 2.50. The highest BCUT2D eigenvalue weighted by atomic mass is 16.5. The highest BCUT2D eigenvalue weighted by Crippen LogP contribution is 2.41. The van der Waals surface area contributed by atoms with Crippen LogP contribution in [-0.4, -0.2) is 38.4 Å². The maximum absolute atomic E-state index is 6.26. The molecule has 1 aliphatic heterocycles. The summed E-state index contributed by atoms with van der Waals surface area (Å²) in [6.07, 6.45) is 5.82. The van der Waals surface area contributed by atoms with Gasteiger partial charge in [-0.05, 0) is 44.2 Å². The Labute approximate surface area is 127 Å². The van der Waals surface area contributed by atoms with Crippen molar-refractivity contribution < 1.29 is 9.47 Å². The van der Waals surface area contributed by atoms with Crippen LogP contribution in [0, 0.1) is 0 Å². The van der Waals surface area contributed by atoms with E-state index in [2.05, 4.69) is 23.1 Å². The van der Waals surface area contributed by atoms with E-state index in [-0.39, 0.29) is 5.54 Å². The molecule has 1 aromatic rings. The van der Waals surface area contributed by atoms with E-state index in [4.69, 9.17) is 15.2 Å². The number of nitrogens with two attached hydrogens (primary N) is 1. The third-order valence-electron chi connectivity index (χ3n) is 5.00. The van der Waals surface area contributed by atoms with Crippen molar-refractivity contribution in [2.24, 2.45) is 5.73 Å². The first-order valence-electron chi connectivity index (χ1n) is 8.01. The van der Waals surface area contributed by atoms with E-state index in [0.29, 0.717) is 12.6 Å². The second-order valence-electron chi connectivity index (χ2n) is 6.20. The first kappa shape index (κ1) is 14.7. The Morgan fingerprint density at radius 3 is 3.05 bits per heavy atom. The van der Waals surface area contributed by atoms with Crippen molar-refractivity contribution in [3.05, 3.63) is 24.3 Å². The number of para-hydroxylation sites is 2. The average Bonchev–Trinajstić information content (AvgIpc) is 2.77. The van der Waals surface area contributed by atoms with Crippen LogP contribution in [0.5, 0.6) is 5.75 Å². The number of benzene rings is 1. The minimum Gasteiger partial charge on any atom is -0.491 e. The second-order valence-corrected chi connectivity index (χ2v) is 6.20. The highest BCUT2D eigenvalue weighted by molar-refractivity contribution is 5.61. The van der Waals surface area contributed by atoms with E-state index >= 15 is 0 Å². The van der Waals surface area contributed by atoms with Gasteiger partial charge < -0.3 is 20.1 Å². The maximum atomic E-state index is 6.26. The molecule has 0 aromatic heterocycles. The van der Waals surface area contributed by atoms with Crippen molar-refractivity contribution >= 4 is 5.69 Å². The molecule has 0 amide bonds. The molecule has 116 valence electrons. The molecule has 0 bridgehead atoms. The Hall–Kier alpha value is -1.26.